The number of urea groups is 1. The van der Waals surface area contributed by atoms with Crippen molar-refractivity contribution in [1.82, 2.24) is 10.2 Å². The highest BCUT2D eigenvalue weighted by atomic mass is 32.2. The molecular formula is C20H34N2O5S. The van der Waals surface area contributed by atoms with E-state index in [9.17, 15) is 13.2 Å². The predicted molar refractivity (Wildman–Crippen MR) is 111 cm³/mol. The first kappa shape index (κ1) is 24.1. The van der Waals surface area contributed by atoms with Crippen LogP contribution in [0.2, 0.25) is 0 Å². The summed E-state index contributed by atoms with van der Waals surface area (Å²) in [6.07, 6.45) is 0.790. The molecule has 8 heteroatoms. The highest BCUT2D eigenvalue weighted by Gasteiger charge is 2.25. The van der Waals surface area contributed by atoms with Crippen LogP contribution in [0.15, 0.2) is 18.2 Å². The van der Waals surface area contributed by atoms with E-state index in [4.69, 9.17) is 8.92 Å². The molecule has 0 saturated heterocycles. The number of methoxy groups -OCH3 is 1. The predicted octanol–water partition coefficient (Wildman–Crippen LogP) is 3.92. The summed E-state index contributed by atoms with van der Waals surface area (Å²) < 4.78 is 34.8. The quantitative estimate of drug-likeness (QED) is 0.652. The van der Waals surface area contributed by atoms with Crippen molar-refractivity contribution in [3.63, 3.8) is 0 Å². The average Bonchev–Trinajstić information content (AvgIpc) is 2.57. The Hall–Kier alpha value is -1.96. The third-order valence-corrected chi connectivity index (χ3v) is 5.80. The number of nitrogens with one attached hydrogen (secondary N) is 1. The number of nitrogens with zero attached hydrogens (tertiary/aromatic N) is 1. The molecule has 160 valence electrons. The van der Waals surface area contributed by atoms with Gasteiger partial charge in [-0.1, -0.05) is 13.0 Å². The molecule has 1 rings (SSSR count). The molecule has 0 radical (unpaired) electrons. The van der Waals surface area contributed by atoms with Crippen LogP contribution in [0.25, 0.3) is 0 Å². The van der Waals surface area contributed by atoms with E-state index in [0.29, 0.717) is 12.3 Å². The Labute approximate surface area is 169 Å². The number of amides is 2. The van der Waals surface area contributed by atoms with E-state index in [1.807, 2.05) is 34.6 Å². The fraction of sp³-hybridized carbons (Fsp3) is 0.650. The molecule has 0 bridgehead atoms. The van der Waals surface area contributed by atoms with Gasteiger partial charge in [0.15, 0.2) is 11.5 Å². The molecule has 1 aromatic rings. The summed E-state index contributed by atoms with van der Waals surface area (Å²) in [7, 11) is -2.31. The minimum atomic E-state index is -3.76. The van der Waals surface area contributed by atoms with Crippen molar-refractivity contribution in [2.45, 2.75) is 78.3 Å². The standard InChI is InChI=1S/C20H34N2O5S/c1-9-15(4)22(19(23)21-20(5,6)7)13-16-10-11-17(26-8)18(12-16)27-28(24,25)14(2)3/h10-12,14-15H,9,13H2,1-8H3,(H,21,23)/t15-/m0/s1. The summed E-state index contributed by atoms with van der Waals surface area (Å²) in [6.45, 7) is 13.2. The molecule has 0 aliphatic rings. The Morgan fingerprint density at radius 3 is 2.25 bits per heavy atom. The molecule has 7 nitrogen and oxygen atoms in total. The highest BCUT2D eigenvalue weighted by Crippen LogP contribution is 2.31. The van der Waals surface area contributed by atoms with Gasteiger partial charge in [0, 0.05) is 18.1 Å². The van der Waals surface area contributed by atoms with E-state index in [-0.39, 0.29) is 23.4 Å². The summed E-state index contributed by atoms with van der Waals surface area (Å²) >= 11 is 0. The second kappa shape index (κ2) is 9.49. The zero-order valence-corrected chi connectivity index (χ0v) is 19.0. The first-order valence-corrected chi connectivity index (χ1v) is 11.0. The molecule has 0 fully saturated rings. The highest BCUT2D eigenvalue weighted by molar-refractivity contribution is 7.87. The van der Waals surface area contributed by atoms with Gasteiger partial charge in [0.05, 0.1) is 12.4 Å². The van der Waals surface area contributed by atoms with Crippen molar-refractivity contribution in [1.29, 1.82) is 0 Å². The van der Waals surface area contributed by atoms with Crippen LogP contribution in [-0.2, 0) is 16.7 Å². The van der Waals surface area contributed by atoms with Crippen LogP contribution in [0, 0.1) is 0 Å². The second-order valence-corrected chi connectivity index (χ2v) is 10.3. The van der Waals surface area contributed by atoms with E-state index < -0.39 is 15.4 Å². The maximum atomic E-state index is 12.8. The van der Waals surface area contributed by atoms with Crippen LogP contribution in [0.5, 0.6) is 11.5 Å². The zero-order chi connectivity index (χ0) is 21.7. The van der Waals surface area contributed by atoms with Gasteiger partial charge in [0.2, 0.25) is 0 Å². The molecule has 0 spiro atoms. The van der Waals surface area contributed by atoms with Crippen molar-refractivity contribution in [2.75, 3.05) is 7.11 Å². The molecule has 28 heavy (non-hydrogen) atoms. The van der Waals surface area contributed by atoms with Crippen molar-refractivity contribution in [2.24, 2.45) is 0 Å². The molecule has 0 aromatic heterocycles. The topological polar surface area (TPSA) is 84.9 Å². The zero-order valence-electron chi connectivity index (χ0n) is 18.2. The SMILES string of the molecule is CC[C@H](C)N(Cc1ccc(OC)c(OS(=O)(=O)C(C)C)c1)C(=O)NC(C)(C)C. The summed E-state index contributed by atoms with van der Waals surface area (Å²) in [4.78, 5) is 14.5. The molecule has 0 aliphatic carbocycles. The minimum absolute atomic E-state index is 0.00761. The lowest BCUT2D eigenvalue weighted by Gasteiger charge is -2.32. The lowest BCUT2D eigenvalue weighted by atomic mass is 10.1. The largest absolute Gasteiger partial charge is 0.493 e. The number of carbonyl (C=O) groups is 1. The third-order valence-electron chi connectivity index (χ3n) is 4.23. The Kier molecular flexibility index (Phi) is 8.16. The van der Waals surface area contributed by atoms with E-state index in [0.717, 1.165) is 12.0 Å². The van der Waals surface area contributed by atoms with Gasteiger partial charge in [-0.15, -0.1) is 0 Å². The first-order chi connectivity index (χ1) is 12.8. The Morgan fingerprint density at radius 2 is 1.79 bits per heavy atom. The molecule has 1 N–H and O–H groups in total. The smallest absolute Gasteiger partial charge is 0.318 e. The van der Waals surface area contributed by atoms with Crippen LogP contribution in [0.4, 0.5) is 4.79 Å². The van der Waals surface area contributed by atoms with Crippen LogP contribution in [-0.4, -0.2) is 43.3 Å². The maximum Gasteiger partial charge on any atom is 0.318 e. The van der Waals surface area contributed by atoms with E-state index >= 15 is 0 Å². The average molecular weight is 415 g/mol. The van der Waals surface area contributed by atoms with Crippen LogP contribution >= 0.6 is 0 Å². The summed E-state index contributed by atoms with van der Waals surface area (Å²) in [5, 5.41) is 2.30. The normalized spacial score (nSPS) is 13.2. The van der Waals surface area contributed by atoms with Gasteiger partial charge < -0.3 is 19.1 Å². The minimum Gasteiger partial charge on any atom is -0.493 e. The van der Waals surface area contributed by atoms with Gasteiger partial charge in [0.25, 0.3) is 0 Å². The fourth-order valence-corrected chi connectivity index (χ4v) is 2.92. The van der Waals surface area contributed by atoms with Crippen LogP contribution < -0.4 is 14.2 Å². The Balaban J connectivity index is 3.19. The first-order valence-electron chi connectivity index (χ1n) is 9.49. The van der Waals surface area contributed by atoms with E-state index in [2.05, 4.69) is 5.32 Å². The number of rotatable bonds is 8. The molecule has 0 heterocycles. The van der Waals surface area contributed by atoms with Gasteiger partial charge in [-0.05, 0) is 65.7 Å². The summed E-state index contributed by atoms with van der Waals surface area (Å²) in [5.74, 6) is 0.441. The van der Waals surface area contributed by atoms with E-state index in [1.165, 1.54) is 7.11 Å². The molecule has 0 unspecified atom stereocenters. The number of ether oxygens (including phenoxy) is 1. The molecule has 0 saturated carbocycles. The number of benzene rings is 1. The molecule has 0 aliphatic heterocycles. The Bertz CT molecular complexity index is 769. The monoisotopic (exact) mass is 414 g/mol. The lowest BCUT2D eigenvalue weighted by Crippen LogP contribution is -2.50. The van der Waals surface area contributed by atoms with Gasteiger partial charge >= 0.3 is 16.1 Å². The molecule has 2 amide bonds. The summed E-state index contributed by atoms with van der Waals surface area (Å²) in [6, 6.07) is 4.89. The van der Waals surface area contributed by atoms with Crippen LogP contribution in [0.1, 0.15) is 60.5 Å². The lowest BCUT2D eigenvalue weighted by molar-refractivity contribution is 0.165. The number of hydrogen-bond donors (Lipinski definition) is 1. The van der Waals surface area contributed by atoms with Gasteiger partial charge in [-0.3, -0.25) is 0 Å². The Morgan fingerprint density at radius 1 is 1.18 bits per heavy atom. The molecule has 1 atom stereocenters. The number of hydrogen-bond acceptors (Lipinski definition) is 5. The van der Waals surface area contributed by atoms with Crippen molar-refractivity contribution >= 4 is 16.1 Å². The second-order valence-electron chi connectivity index (χ2n) is 8.18. The summed E-state index contributed by atoms with van der Waals surface area (Å²) in [5.41, 5.74) is 0.390. The molecular weight excluding hydrogens is 380 g/mol. The van der Waals surface area contributed by atoms with Gasteiger partial charge in [-0.25, -0.2) is 4.79 Å². The fourth-order valence-electron chi connectivity index (χ4n) is 2.34. The third kappa shape index (κ3) is 6.89. The maximum absolute atomic E-state index is 12.8. The van der Waals surface area contributed by atoms with Crippen molar-refractivity contribution in [3.05, 3.63) is 23.8 Å². The van der Waals surface area contributed by atoms with Gasteiger partial charge in [-0.2, -0.15) is 8.42 Å². The van der Waals surface area contributed by atoms with Crippen LogP contribution in [0.3, 0.4) is 0 Å². The van der Waals surface area contributed by atoms with Crippen molar-refractivity contribution in [3.8, 4) is 11.5 Å². The van der Waals surface area contributed by atoms with E-state index in [1.54, 1.807) is 36.9 Å². The number of carbonyl (C=O) groups excluding carboxylic acids is 1. The van der Waals surface area contributed by atoms with Crippen molar-refractivity contribution < 1.29 is 22.1 Å². The molecule has 1 aromatic carbocycles. The van der Waals surface area contributed by atoms with Gasteiger partial charge in [0.1, 0.15) is 0 Å².